The minimum Gasteiger partial charge on any atom is -0.489 e. The lowest BCUT2D eigenvalue weighted by Crippen LogP contribution is -2.18. The average Bonchev–Trinajstić information content (AvgIpc) is 2.59. The summed E-state index contributed by atoms with van der Waals surface area (Å²) in [6.45, 7) is 1.83. The lowest BCUT2D eigenvalue weighted by Gasteiger charge is -2.26. The van der Waals surface area contributed by atoms with Crippen LogP contribution in [0.1, 0.15) is 30.6 Å². The second-order valence-corrected chi connectivity index (χ2v) is 6.35. The van der Waals surface area contributed by atoms with Crippen molar-refractivity contribution in [3.8, 4) is 6.07 Å². The van der Waals surface area contributed by atoms with E-state index < -0.39 is 0 Å². The van der Waals surface area contributed by atoms with Gasteiger partial charge in [0.25, 0.3) is 0 Å². The van der Waals surface area contributed by atoms with E-state index >= 15 is 0 Å². The number of allylic oxidation sites excluding steroid dienone is 2. The summed E-state index contributed by atoms with van der Waals surface area (Å²) in [4.78, 5) is 14.2. The molecule has 0 N–H and O–H groups in total. The number of carbonyl (C=O) groups excluding carboxylic acids is 1. The molecule has 3 nitrogen and oxygen atoms in total. The topological polar surface area (TPSA) is 50.1 Å². The first-order chi connectivity index (χ1) is 11.2. The van der Waals surface area contributed by atoms with E-state index in [-0.39, 0.29) is 11.9 Å². The van der Waals surface area contributed by atoms with Crippen LogP contribution in [0, 0.1) is 11.3 Å². The summed E-state index contributed by atoms with van der Waals surface area (Å²) < 4.78 is 5.96. The first-order valence-electron chi connectivity index (χ1n) is 7.31. The third-order valence-corrected chi connectivity index (χ3v) is 4.86. The zero-order valence-electron chi connectivity index (χ0n) is 12.7. The van der Waals surface area contributed by atoms with Crippen LogP contribution in [0.15, 0.2) is 70.2 Å². The number of carbonyl (C=O) groups is 1. The Morgan fingerprint density at radius 2 is 1.83 bits per heavy atom. The SMILES string of the molecule is CC1=C(Sc2ccccc2)C(=O)CC(c2ccc(C#N)cc2)O1. The van der Waals surface area contributed by atoms with Crippen LogP contribution in [0.25, 0.3) is 0 Å². The summed E-state index contributed by atoms with van der Waals surface area (Å²) in [5, 5.41) is 8.85. The molecule has 0 aromatic heterocycles. The van der Waals surface area contributed by atoms with Crippen LogP contribution in [-0.4, -0.2) is 5.78 Å². The Labute approximate surface area is 139 Å². The van der Waals surface area contributed by atoms with Crippen molar-refractivity contribution in [1.29, 1.82) is 5.26 Å². The molecule has 2 aromatic rings. The first-order valence-corrected chi connectivity index (χ1v) is 8.12. The molecule has 0 spiro atoms. The van der Waals surface area contributed by atoms with Crippen molar-refractivity contribution < 1.29 is 9.53 Å². The van der Waals surface area contributed by atoms with Gasteiger partial charge < -0.3 is 4.74 Å². The molecule has 0 saturated heterocycles. The number of ketones is 1. The lowest BCUT2D eigenvalue weighted by molar-refractivity contribution is -0.119. The van der Waals surface area contributed by atoms with Crippen LogP contribution < -0.4 is 0 Å². The predicted molar refractivity (Wildman–Crippen MR) is 89.6 cm³/mol. The first kappa shape index (κ1) is 15.4. The number of ether oxygens (including phenoxy) is 1. The normalized spacial score (nSPS) is 17.6. The number of rotatable bonds is 3. The van der Waals surface area contributed by atoms with Gasteiger partial charge in [0.2, 0.25) is 0 Å². The second-order valence-electron chi connectivity index (χ2n) is 5.27. The van der Waals surface area contributed by atoms with E-state index in [2.05, 4.69) is 6.07 Å². The number of Topliss-reactive ketones (excluding diaryl/α,β-unsaturated/α-hetero) is 1. The van der Waals surface area contributed by atoms with Crippen molar-refractivity contribution in [2.45, 2.75) is 24.3 Å². The Bertz CT molecular complexity index is 788. The van der Waals surface area contributed by atoms with Gasteiger partial charge in [-0.15, -0.1) is 0 Å². The molecule has 1 unspecified atom stereocenters. The standard InChI is InChI=1S/C19H15NO2S/c1-13-19(23-16-5-3-2-4-6-16)17(21)11-18(22-13)15-9-7-14(12-20)8-10-15/h2-10,18H,11H2,1H3. The van der Waals surface area contributed by atoms with Crippen LogP contribution in [-0.2, 0) is 9.53 Å². The molecular weight excluding hydrogens is 306 g/mol. The third kappa shape index (κ3) is 3.46. The quantitative estimate of drug-likeness (QED) is 0.828. The summed E-state index contributed by atoms with van der Waals surface area (Å²) in [5.41, 5.74) is 1.52. The molecule has 1 aliphatic heterocycles. The molecule has 0 fully saturated rings. The largest absolute Gasteiger partial charge is 0.489 e. The van der Waals surface area contributed by atoms with E-state index in [0.717, 1.165) is 10.5 Å². The third-order valence-electron chi connectivity index (χ3n) is 3.64. The fourth-order valence-corrected chi connectivity index (χ4v) is 3.38. The fourth-order valence-electron chi connectivity index (χ4n) is 2.46. The molecule has 0 amide bonds. The van der Waals surface area contributed by atoms with Crippen LogP contribution in [0.4, 0.5) is 0 Å². The molecule has 0 bridgehead atoms. The van der Waals surface area contributed by atoms with E-state index in [1.807, 2.05) is 49.4 Å². The molecule has 4 heteroatoms. The Balaban J connectivity index is 1.80. The Hall–Kier alpha value is -2.51. The highest BCUT2D eigenvalue weighted by atomic mass is 32.2. The van der Waals surface area contributed by atoms with Gasteiger partial charge in [0.05, 0.1) is 23.0 Å². The van der Waals surface area contributed by atoms with Crippen molar-refractivity contribution in [2.24, 2.45) is 0 Å². The van der Waals surface area contributed by atoms with Gasteiger partial charge in [-0.3, -0.25) is 4.79 Å². The molecule has 0 radical (unpaired) electrons. The zero-order valence-corrected chi connectivity index (χ0v) is 13.5. The molecule has 0 aliphatic carbocycles. The summed E-state index contributed by atoms with van der Waals surface area (Å²) in [6.07, 6.45) is 0.0358. The van der Waals surface area contributed by atoms with Gasteiger partial charge in [-0.05, 0) is 36.8 Å². The monoisotopic (exact) mass is 321 g/mol. The van der Waals surface area contributed by atoms with E-state index in [4.69, 9.17) is 10.00 Å². The van der Waals surface area contributed by atoms with Crippen molar-refractivity contribution in [2.75, 3.05) is 0 Å². The van der Waals surface area contributed by atoms with Crippen molar-refractivity contribution in [1.82, 2.24) is 0 Å². The van der Waals surface area contributed by atoms with E-state index in [0.29, 0.717) is 22.6 Å². The molecule has 0 saturated carbocycles. The fraction of sp³-hybridized carbons (Fsp3) is 0.158. The van der Waals surface area contributed by atoms with Gasteiger partial charge >= 0.3 is 0 Å². The summed E-state index contributed by atoms with van der Waals surface area (Å²) in [5.74, 6) is 0.751. The van der Waals surface area contributed by atoms with Gasteiger partial charge in [-0.25, -0.2) is 0 Å². The van der Waals surface area contributed by atoms with E-state index in [1.54, 1.807) is 12.1 Å². The number of nitriles is 1. The molecule has 114 valence electrons. The van der Waals surface area contributed by atoms with E-state index in [9.17, 15) is 4.79 Å². The number of thioether (sulfide) groups is 1. The van der Waals surface area contributed by atoms with Gasteiger partial charge in [-0.2, -0.15) is 5.26 Å². The van der Waals surface area contributed by atoms with Crippen molar-refractivity contribution >= 4 is 17.5 Å². The minimum absolute atomic E-state index is 0.0944. The molecular formula is C19H15NO2S. The van der Waals surface area contributed by atoms with Crippen molar-refractivity contribution in [3.05, 3.63) is 76.4 Å². The molecule has 3 rings (SSSR count). The minimum atomic E-state index is -0.282. The van der Waals surface area contributed by atoms with Crippen LogP contribution >= 0.6 is 11.8 Å². The average molecular weight is 321 g/mol. The highest BCUT2D eigenvalue weighted by molar-refractivity contribution is 8.04. The molecule has 1 aliphatic rings. The molecule has 1 atom stereocenters. The number of hydrogen-bond acceptors (Lipinski definition) is 4. The maximum atomic E-state index is 12.5. The van der Waals surface area contributed by atoms with Crippen molar-refractivity contribution in [3.63, 3.8) is 0 Å². The number of benzene rings is 2. The van der Waals surface area contributed by atoms with Crippen LogP contribution in [0.5, 0.6) is 0 Å². The predicted octanol–water partition coefficient (Wildman–Crippen LogP) is 4.61. The second kappa shape index (κ2) is 6.72. The lowest BCUT2D eigenvalue weighted by atomic mass is 10.0. The zero-order chi connectivity index (χ0) is 16.2. The smallest absolute Gasteiger partial charge is 0.176 e. The Kier molecular flexibility index (Phi) is 4.50. The van der Waals surface area contributed by atoms with Gasteiger partial charge in [0.1, 0.15) is 11.9 Å². The highest BCUT2D eigenvalue weighted by Crippen LogP contribution is 2.39. The maximum absolute atomic E-state index is 12.5. The molecule has 23 heavy (non-hydrogen) atoms. The van der Waals surface area contributed by atoms with E-state index in [1.165, 1.54) is 11.8 Å². The number of nitrogens with zero attached hydrogens (tertiary/aromatic N) is 1. The van der Waals surface area contributed by atoms with Crippen LogP contribution in [0.3, 0.4) is 0 Å². The van der Waals surface area contributed by atoms with Gasteiger partial charge in [0, 0.05) is 4.90 Å². The van der Waals surface area contributed by atoms with Gasteiger partial charge in [-0.1, -0.05) is 42.1 Å². The summed E-state index contributed by atoms with van der Waals surface area (Å²) in [7, 11) is 0. The molecule has 2 aromatic carbocycles. The highest BCUT2D eigenvalue weighted by Gasteiger charge is 2.28. The van der Waals surface area contributed by atoms with Gasteiger partial charge in [0.15, 0.2) is 5.78 Å². The summed E-state index contributed by atoms with van der Waals surface area (Å²) in [6, 6.07) is 19.1. The maximum Gasteiger partial charge on any atom is 0.176 e. The number of hydrogen-bond donors (Lipinski definition) is 0. The Morgan fingerprint density at radius 1 is 1.13 bits per heavy atom. The molecule has 1 heterocycles. The van der Waals surface area contributed by atoms with Crippen LogP contribution in [0.2, 0.25) is 0 Å². The summed E-state index contributed by atoms with van der Waals surface area (Å²) >= 11 is 1.45. The Morgan fingerprint density at radius 3 is 2.43 bits per heavy atom.